The van der Waals surface area contributed by atoms with Crippen molar-refractivity contribution < 1.29 is 14.4 Å². The molecule has 0 radical (unpaired) electrons. The number of amides is 4. The molecule has 0 aromatic carbocycles. The van der Waals surface area contributed by atoms with Gasteiger partial charge in [-0.2, -0.15) is 0 Å². The maximum absolute atomic E-state index is 11.4. The largest absolute Gasteiger partial charge is 0.355 e. The van der Waals surface area contributed by atoms with E-state index in [1.807, 2.05) is 0 Å². The molecule has 2 N–H and O–H groups in total. The van der Waals surface area contributed by atoms with Crippen molar-refractivity contribution in [1.82, 2.24) is 15.5 Å². The number of hydrogen-bond acceptors (Lipinski definition) is 3. The number of nitrogens with zero attached hydrogens (tertiary/aromatic N) is 1. The fourth-order valence-electron chi connectivity index (χ4n) is 1.55. The van der Waals surface area contributed by atoms with Gasteiger partial charge in [-0.15, -0.1) is 0 Å². The predicted molar refractivity (Wildman–Crippen MR) is 62.2 cm³/mol. The molecule has 1 aliphatic heterocycles. The number of hydrogen-bond donors (Lipinski definition) is 2. The molecule has 1 saturated heterocycles. The van der Waals surface area contributed by atoms with Crippen molar-refractivity contribution in [2.75, 3.05) is 19.6 Å². The number of carbonyl (C=O) groups excluding carboxylic acids is 3. The molecule has 0 aromatic heterocycles. The summed E-state index contributed by atoms with van der Waals surface area (Å²) >= 11 is 0. The van der Waals surface area contributed by atoms with Gasteiger partial charge in [0.05, 0.1) is 6.54 Å². The molecule has 0 aliphatic carbocycles. The average molecular weight is 241 g/mol. The Balaban J connectivity index is 2.21. The van der Waals surface area contributed by atoms with Crippen LogP contribution in [0.5, 0.6) is 0 Å². The first-order valence-corrected chi connectivity index (χ1v) is 5.85. The second-order valence-corrected chi connectivity index (χ2v) is 4.52. The van der Waals surface area contributed by atoms with Crippen molar-refractivity contribution in [2.45, 2.75) is 26.7 Å². The van der Waals surface area contributed by atoms with Crippen LogP contribution in [-0.2, 0) is 9.59 Å². The van der Waals surface area contributed by atoms with Gasteiger partial charge in [0, 0.05) is 6.54 Å². The average Bonchev–Trinajstić information content (AvgIpc) is 2.56. The Morgan fingerprint density at radius 3 is 2.71 bits per heavy atom. The standard InChI is InChI=1S/C11H19N3O3/c1-8(2)4-3-5-12-9(15)7-14-10(16)6-13-11(14)17/h8H,3-7H2,1-2H3,(H,12,15)(H,13,17). The second-order valence-electron chi connectivity index (χ2n) is 4.52. The third kappa shape index (κ3) is 4.42. The molecular formula is C11H19N3O3. The summed E-state index contributed by atoms with van der Waals surface area (Å²) in [5.74, 6) is -0.0377. The summed E-state index contributed by atoms with van der Waals surface area (Å²) in [4.78, 5) is 34.7. The zero-order valence-electron chi connectivity index (χ0n) is 10.3. The number of urea groups is 1. The molecule has 17 heavy (non-hydrogen) atoms. The monoisotopic (exact) mass is 241 g/mol. The van der Waals surface area contributed by atoms with Crippen LogP contribution in [0.4, 0.5) is 4.79 Å². The quantitative estimate of drug-likeness (QED) is 0.511. The Hall–Kier alpha value is -1.59. The van der Waals surface area contributed by atoms with E-state index < -0.39 is 6.03 Å². The minimum absolute atomic E-state index is 0.0144. The first-order chi connectivity index (χ1) is 8.00. The minimum Gasteiger partial charge on any atom is -0.355 e. The molecule has 0 saturated carbocycles. The van der Waals surface area contributed by atoms with Gasteiger partial charge in [0.25, 0.3) is 5.91 Å². The SMILES string of the molecule is CC(C)CCCNC(=O)CN1C(=O)CNC1=O. The summed E-state index contributed by atoms with van der Waals surface area (Å²) in [7, 11) is 0. The van der Waals surface area contributed by atoms with E-state index in [1.54, 1.807) is 0 Å². The van der Waals surface area contributed by atoms with Crippen molar-refractivity contribution in [1.29, 1.82) is 0 Å². The van der Waals surface area contributed by atoms with Crippen LogP contribution in [0.15, 0.2) is 0 Å². The first-order valence-electron chi connectivity index (χ1n) is 5.85. The first kappa shape index (κ1) is 13.5. The Morgan fingerprint density at radius 1 is 1.47 bits per heavy atom. The fraction of sp³-hybridized carbons (Fsp3) is 0.727. The van der Waals surface area contributed by atoms with E-state index in [0.29, 0.717) is 12.5 Å². The molecule has 0 bridgehead atoms. The number of rotatable bonds is 6. The lowest BCUT2D eigenvalue weighted by molar-refractivity contribution is -0.130. The van der Waals surface area contributed by atoms with Gasteiger partial charge in [-0.3, -0.25) is 14.5 Å². The minimum atomic E-state index is -0.493. The highest BCUT2D eigenvalue weighted by Crippen LogP contribution is 2.02. The van der Waals surface area contributed by atoms with Gasteiger partial charge in [-0.1, -0.05) is 13.8 Å². The topological polar surface area (TPSA) is 78.5 Å². The van der Waals surface area contributed by atoms with Crippen molar-refractivity contribution in [3.8, 4) is 0 Å². The summed E-state index contributed by atoms with van der Waals surface area (Å²) in [5.41, 5.74) is 0. The zero-order valence-corrected chi connectivity index (χ0v) is 10.3. The summed E-state index contributed by atoms with van der Waals surface area (Å²) in [6, 6.07) is -0.493. The van der Waals surface area contributed by atoms with Crippen LogP contribution < -0.4 is 10.6 Å². The number of imide groups is 1. The summed E-state index contributed by atoms with van der Waals surface area (Å²) < 4.78 is 0. The molecule has 1 aliphatic rings. The van der Waals surface area contributed by atoms with Crippen LogP contribution in [0, 0.1) is 5.92 Å². The fourth-order valence-corrected chi connectivity index (χ4v) is 1.55. The summed E-state index contributed by atoms with van der Waals surface area (Å²) in [6.45, 7) is 4.62. The van der Waals surface area contributed by atoms with Crippen molar-refractivity contribution in [3.63, 3.8) is 0 Å². The molecule has 0 spiro atoms. The summed E-state index contributed by atoms with van der Waals surface area (Å²) in [6.07, 6.45) is 1.95. The van der Waals surface area contributed by atoms with E-state index in [1.165, 1.54) is 0 Å². The Labute approximate surface area is 101 Å². The predicted octanol–water partition coefficient (Wildman–Crippen LogP) is 0.0906. The van der Waals surface area contributed by atoms with Gasteiger partial charge < -0.3 is 10.6 Å². The smallest absolute Gasteiger partial charge is 0.325 e. The molecule has 0 unspecified atom stereocenters. The number of nitrogens with one attached hydrogen (secondary N) is 2. The molecule has 0 aromatic rings. The van der Waals surface area contributed by atoms with Gasteiger partial charge in [-0.25, -0.2) is 4.79 Å². The molecule has 1 heterocycles. The highest BCUT2D eigenvalue weighted by atomic mass is 16.2. The lowest BCUT2D eigenvalue weighted by Gasteiger charge is -2.12. The normalized spacial score (nSPS) is 15.4. The summed E-state index contributed by atoms with van der Waals surface area (Å²) in [5, 5.41) is 5.06. The molecule has 6 heteroatoms. The Morgan fingerprint density at radius 2 is 2.18 bits per heavy atom. The molecule has 0 atom stereocenters. The zero-order chi connectivity index (χ0) is 12.8. The van der Waals surface area contributed by atoms with Crippen LogP contribution in [0.1, 0.15) is 26.7 Å². The van der Waals surface area contributed by atoms with Crippen LogP contribution in [-0.4, -0.2) is 42.4 Å². The molecule has 1 fully saturated rings. The molecule has 96 valence electrons. The van der Waals surface area contributed by atoms with Gasteiger partial charge in [-0.05, 0) is 18.8 Å². The van der Waals surface area contributed by atoms with E-state index in [-0.39, 0.29) is 24.9 Å². The molecular weight excluding hydrogens is 222 g/mol. The van der Waals surface area contributed by atoms with Crippen molar-refractivity contribution >= 4 is 17.8 Å². The Bertz CT molecular complexity index is 299. The van der Waals surface area contributed by atoms with E-state index >= 15 is 0 Å². The highest BCUT2D eigenvalue weighted by molar-refractivity contribution is 6.04. The maximum Gasteiger partial charge on any atom is 0.325 e. The van der Waals surface area contributed by atoms with Crippen LogP contribution in [0.3, 0.4) is 0 Å². The third-order valence-electron chi connectivity index (χ3n) is 2.52. The van der Waals surface area contributed by atoms with Gasteiger partial charge >= 0.3 is 6.03 Å². The molecule has 4 amide bonds. The van der Waals surface area contributed by atoms with Crippen LogP contribution >= 0.6 is 0 Å². The van der Waals surface area contributed by atoms with Gasteiger partial charge in [0.15, 0.2) is 0 Å². The van der Waals surface area contributed by atoms with E-state index in [4.69, 9.17) is 0 Å². The van der Waals surface area contributed by atoms with Gasteiger partial charge in [0.2, 0.25) is 5.91 Å². The van der Waals surface area contributed by atoms with E-state index in [0.717, 1.165) is 17.7 Å². The molecule has 1 rings (SSSR count). The van der Waals surface area contributed by atoms with E-state index in [9.17, 15) is 14.4 Å². The van der Waals surface area contributed by atoms with Crippen LogP contribution in [0.25, 0.3) is 0 Å². The van der Waals surface area contributed by atoms with Crippen molar-refractivity contribution in [3.05, 3.63) is 0 Å². The van der Waals surface area contributed by atoms with Gasteiger partial charge in [0.1, 0.15) is 6.54 Å². The lowest BCUT2D eigenvalue weighted by Crippen LogP contribution is -2.41. The Kier molecular flexibility index (Phi) is 4.93. The maximum atomic E-state index is 11.4. The third-order valence-corrected chi connectivity index (χ3v) is 2.52. The second kappa shape index (κ2) is 6.22. The lowest BCUT2D eigenvalue weighted by atomic mass is 10.1. The van der Waals surface area contributed by atoms with Crippen LogP contribution in [0.2, 0.25) is 0 Å². The molecule has 6 nitrogen and oxygen atoms in total. The van der Waals surface area contributed by atoms with E-state index in [2.05, 4.69) is 24.5 Å². The number of carbonyl (C=O) groups is 3. The highest BCUT2D eigenvalue weighted by Gasteiger charge is 2.29. The van der Waals surface area contributed by atoms with Crippen molar-refractivity contribution in [2.24, 2.45) is 5.92 Å².